The van der Waals surface area contributed by atoms with E-state index in [4.69, 9.17) is 14.6 Å². The van der Waals surface area contributed by atoms with Crippen molar-refractivity contribution in [2.24, 2.45) is 11.3 Å². The number of hydrogen-bond acceptors (Lipinski definition) is 3. The topological polar surface area (TPSA) is 38.7 Å². The number of hydrogen-bond donors (Lipinski definition) is 1. The highest BCUT2D eigenvalue weighted by atomic mass is 16.5. The molecule has 0 saturated heterocycles. The van der Waals surface area contributed by atoms with E-state index in [1.54, 1.807) is 0 Å². The Kier molecular flexibility index (Phi) is 13.0. The molecule has 3 nitrogen and oxygen atoms in total. The maximum Gasteiger partial charge on any atom is 0.0701 e. The second-order valence-corrected chi connectivity index (χ2v) is 5.68. The summed E-state index contributed by atoms with van der Waals surface area (Å²) in [5, 5.41) is 8.39. The molecular formula is C13H30O3. The molecule has 0 heterocycles. The van der Waals surface area contributed by atoms with E-state index < -0.39 is 0 Å². The minimum atomic E-state index is 0.0826. The molecular weight excluding hydrogens is 204 g/mol. The molecule has 0 spiro atoms. The van der Waals surface area contributed by atoms with E-state index in [2.05, 4.69) is 41.5 Å². The summed E-state index contributed by atoms with van der Waals surface area (Å²) >= 11 is 0. The van der Waals surface area contributed by atoms with Crippen molar-refractivity contribution in [1.29, 1.82) is 0 Å². The van der Waals surface area contributed by atoms with E-state index in [-0.39, 0.29) is 12.0 Å². The van der Waals surface area contributed by atoms with E-state index in [1.807, 2.05) is 0 Å². The SMILES string of the molecule is CC(C)(C)COCCOCCO.CC(C)C. The first kappa shape index (κ1) is 18.3. The van der Waals surface area contributed by atoms with Gasteiger partial charge in [-0.15, -0.1) is 0 Å². The van der Waals surface area contributed by atoms with Gasteiger partial charge < -0.3 is 14.6 Å². The Balaban J connectivity index is 0. The van der Waals surface area contributed by atoms with Gasteiger partial charge in [-0.25, -0.2) is 0 Å². The molecule has 1 N–H and O–H groups in total. The van der Waals surface area contributed by atoms with Crippen LogP contribution in [0, 0.1) is 11.3 Å². The van der Waals surface area contributed by atoms with Gasteiger partial charge in [0.05, 0.1) is 33.0 Å². The van der Waals surface area contributed by atoms with Crippen molar-refractivity contribution in [2.75, 3.05) is 33.0 Å². The lowest BCUT2D eigenvalue weighted by Crippen LogP contribution is -2.17. The third-order valence-electron chi connectivity index (χ3n) is 1.14. The van der Waals surface area contributed by atoms with Gasteiger partial charge in [-0.05, 0) is 11.3 Å². The molecule has 0 bridgehead atoms. The Labute approximate surface area is 101 Å². The van der Waals surface area contributed by atoms with Gasteiger partial charge >= 0.3 is 0 Å². The highest BCUT2D eigenvalue weighted by Crippen LogP contribution is 2.12. The summed E-state index contributed by atoms with van der Waals surface area (Å²) in [7, 11) is 0. The van der Waals surface area contributed by atoms with Gasteiger partial charge in [0.2, 0.25) is 0 Å². The minimum absolute atomic E-state index is 0.0826. The van der Waals surface area contributed by atoms with Gasteiger partial charge in [-0.3, -0.25) is 0 Å². The van der Waals surface area contributed by atoms with Gasteiger partial charge in [-0.1, -0.05) is 41.5 Å². The second-order valence-electron chi connectivity index (χ2n) is 5.68. The molecule has 0 aliphatic heterocycles. The smallest absolute Gasteiger partial charge is 0.0701 e. The van der Waals surface area contributed by atoms with Crippen molar-refractivity contribution < 1.29 is 14.6 Å². The standard InChI is InChI=1S/C9H20O3.C4H10/c1-9(2,3)8-12-7-6-11-5-4-10;1-4(2)3/h10H,4-8H2,1-3H3;4H,1-3H3. The summed E-state index contributed by atoms with van der Waals surface area (Å²) in [6.07, 6.45) is 0. The van der Waals surface area contributed by atoms with Crippen LogP contribution in [0.25, 0.3) is 0 Å². The van der Waals surface area contributed by atoms with Crippen LogP contribution < -0.4 is 0 Å². The molecule has 0 rings (SSSR count). The Bertz CT molecular complexity index is 125. The number of ether oxygens (including phenoxy) is 2. The predicted octanol–water partition coefficient (Wildman–Crippen LogP) is 2.72. The fraction of sp³-hybridized carbons (Fsp3) is 1.00. The highest BCUT2D eigenvalue weighted by Gasteiger charge is 2.09. The van der Waals surface area contributed by atoms with Crippen molar-refractivity contribution in [3.05, 3.63) is 0 Å². The van der Waals surface area contributed by atoms with Crippen molar-refractivity contribution in [3.63, 3.8) is 0 Å². The molecule has 0 unspecified atom stereocenters. The summed E-state index contributed by atoms with van der Waals surface area (Å²) in [6, 6.07) is 0. The Morgan fingerprint density at radius 1 is 0.938 bits per heavy atom. The van der Waals surface area contributed by atoms with Crippen LogP contribution in [0.15, 0.2) is 0 Å². The maximum atomic E-state index is 8.39. The van der Waals surface area contributed by atoms with Gasteiger partial charge in [-0.2, -0.15) is 0 Å². The van der Waals surface area contributed by atoms with Crippen molar-refractivity contribution >= 4 is 0 Å². The van der Waals surface area contributed by atoms with E-state index >= 15 is 0 Å². The molecule has 0 amide bonds. The first-order valence-corrected chi connectivity index (χ1v) is 6.06. The van der Waals surface area contributed by atoms with Crippen molar-refractivity contribution in [1.82, 2.24) is 0 Å². The van der Waals surface area contributed by atoms with Crippen LogP contribution in [0.4, 0.5) is 0 Å². The third kappa shape index (κ3) is 29.2. The van der Waals surface area contributed by atoms with E-state index in [1.165, 1.54) is 0 Å². The first-order chi connectivity index (χ1) is 7.29. The van der Waals surface area contributed by atoms with Gasteiger partial charge in [0, 0.05) is 0 Å². The predicted molar refractivity (Wildman–Crippen MR) is 68.7 cm³/mol. The fourth-order valence-corrected chi connectivity index (χ4v) is 0.663. The van der Waals surface area contributed by atoms with Gasteiger partial charge in [0.15, 0.2) is 0 Å². The number of aliphatic hydroxyl groups excluding tert-OH is 1. The largest absolute Gasteiger partial charge is 0.394 e. The van der Waals surface area contributed by atoms with E-state index in [0.29, 0.717) is 19.8 Å². The van der Waals surface area contributed by atoms with Crippen LogP contribution in [0.5, 0.6) is 0 Å². The quantitative estimate of drug-likeness (QED) is 0.718. The van der Waals surface area contributed by atoms with Crippen LogP contribution in [0.3, 0.4) is 0 Å². The summed E-state index contributed by atoms with van der Waals surface area (Å²) < 4.78 is 10.4. The minimum Gasteiger partial charge on any atom is -0.394 e. The van der Waals surface area contributed by atoms with Crippen molar-refractivity contribution in [3.8, 4) is 0 Å². The van der Waals surface area contributed by atoms with Gasteiger partial charge in [0.1, 0.15) is 0 Å². The normalized spacial score (nSPS) is 11.2. The number of aliphatic hydroxyl groups is 1. The molecule has 0 radical (unpaired) electrons. The molecule has 0 atom stereocenters. The molecule has 0 aromatic heterocycles. The molecule has 0 aromatic rings. The average molecular weight is 234 g/mol. The van der Waals surface area contributed by atoms with Crippen molar-refractivity contribution in [2.45, 2.75) is 41.5 Å². The second kappa shape index (κ2) is 11.4. The Morgan fingerprint density at radius 2 is 1.38 bits per heavy atom. The molecule has 0 saturated carbocycles. The van der Waals surface area contributed by atoms with Gasteiger partial charge in [0.25, 0.3) is 0 Å². The molecule has 0 fully saturated rings. The average Bonchev–Trinajstić information content (AvgIpc) is 2.08. The molecule has 3 heteroatoms. The Morgan fingerprint density at radius 3 is 1.75 bits per heavy atom. The highest BCUT2D eigenvalue weighted by molar-refractivity contribution is 4.58. The molecule has 16 heavy (non-hydrogen) atoms. The van der Waals surface area contributed by atoms with E-state index in [9.17, 15) is 0 Å². The molecule has 100 valence electrons. The third-order valence-corrected chi connectivity index (χ3v) is 1.14. The zero-order chi connectivity index (χ0) is 13.0. The summed E-state index contributed by atoms with van der Waals surface area (Å²) in [5.41, 5.74) is 0.219. The lowest BCUT2D eigenvalue weighted by Gasteiger charge is -2.17. The summed E-state index contributed by atoms with van der Waals surface area (Å²) in [4.78, 5) is 0. The van der Waals surface area contributed by atoms with Crippen LogP contribution in [-0.4, -0.2) is 38.1 Å². The first-order valence-electron chi connectivity index (χ1n) is 6.06. The van der Waals surface area contributed by atoms with Crippen LogP contribution in [0.1, 0.15) is 41.5 Å². The summed E-state index contributed by atoms with van der Waals surface area (Å²) in [6.45, 7) is 15.3. The molecule has 0 aromatic carbocycles. The monoisotopic (exact) mass is 234 g/mol. The van der Waals surface area contributed by atoms with E-state index in [0.717, 1.165) is 12.5 Å². The lowest BCUT2D eigenvalue weighted by molar-refractivity contribution is 0.0107. The van der Waals surface area contributed by atoms with Crippen LogP contribution in [0.2, 0.25) is 0 Å². The molecule has 0 aliphatic rings. The summed E-state index contributed by atoms with van der Waals surface area (Å²) in [5.74, 6) is 0.833. The lowest BCUT2D eigenvalue weighted by atomic mass is 9.99. The van der Waals surface area contributed by atoms with Crippen LogP contribution in [-0.2, 0) is 9.47 Å². The maximum absolute atomic E-state index is 8.39. The zero-order valence-corrected chi connectivity index (χ0v) is 11.9. The van der Waals surface area contributed by atoms with Crippen LogP contribution >= 0.6 is 0 Å². The number of rotatable bonds is 6. The molecule has 0 aliphatic carbocycles. The zero-order valence-electron chi connectivity index (χ0n) is 11.9. The Hall–Kier alpha value is -0.120. The fourth-order valence-electron chi connectivity index (χ4n) is 0.663.